The highest BCUT2D eigenvalue weighted by Gasteiger charge is 2.40. The van der Waals surface area contributed by atoms with Gasteiger partial charge in [-0.1, -0.05) is 12.5 Å². The highest BCUT2D eigenvalue weighted by molar-refractivity contribution is 14.1. The van der Waals surface area contributed by atoms with Gasteiger partial charge < -0.3 is 10.1 Å². The minimum atomic E-state index is -0.289. The zero-order valence-corrected chi connectivity index (χ0v) is 14.5. The van der Waals surface area contributed by atoms with Gasteiger partial charge in [-0.3, -0.25) is 9.59 Å². The fraction of sp³-hybridized carbons (Fsp3) is 0.529. The highest BCUT2D eigenvalue weighted by Crippen LogP contribution is 2.49. The number of fused-ring (bicyclic) bond motifs is 2. The Bertz CT molecular complexity index is 575. The van der Waals surface area contributed by atoms with E-state index in [4.69, 9.17) is 4.74 Å². The number of halogens is 1. The minimum Gasteiger partial charge on any atom is -0.456 e. The molecule has 1 amide bonds. The number of hydrogen-bond donors (Lipinski definition) is 1. The molecular weight excluding hydrogens is 393 g/mol. The smallest absolute Gasteiger partial charge is 0.306 e. The molecule has 0 heterocycles. The first-order chi connectivity index (χ1) is 10.6. The lowest BCUT2D eigenvalue weighted by molar-refractivity contribution is -0.148. The lowest BCUT2D eigenvalue weighted by atomic mass is 9.86. The summed E-state index contributed by atoms with van der Waals surface area (Å²) in [5.74, 6) is 1.48. The van der Waals surface area contributed by atoms with Crippen molar-refractivity contribution in [3.63, 3.8) is 0 Å². The summed E-state index contributed by atoms with van der Waals surface area (Å²) >= 11 is 2.18. The molecule has 2 saturated carbocycles. The van der Waals surface area contributed by atoms with Crippen molar-refractivity contribution in [2.24, 2.45) is 17.8 Å². The molecule has 0 aliphatic heterocycles. The third-order valence-corrected chi connectivity index (χ3v) is 5.46. The zero-order chi connectivity index (χ0) is 15.5. The second-order valence-corrected chi connectivity index (χ2v) is 7.60. The van der Waals surface area contributed by atoms with Crippen LogP contribution in [0, 0.1) is 21.3 Å². The predicted molar refractivity (Wildman–Crippen MR) is 92.3 cm³/mol. The van der Waals surface area contributed by atoms with Crippen LogP contribution in [0.5, 0.6) is 0 Å². The maximum Gasteiger partial charge on any atom is 0.306 e. The third kappa shape index (κ3) is 4.00. The van der Waals surface area contributed by atoms with Crippen molar-refractivity contribution < 1.29 is 14.3 Å². The molecule has 0 unspecified atom stereocenters. The van der Waals surface area contributed by atoms with E-state index in [1.807, 2.05) is 24.3 Å². The molecule has 118 valence electrons. The first-order valence-corrected chi connectivity index (χ1v) is 8.89. The largest absolute Gasteiger partial charge is 0.456 e. The molecule has 1 aromatic rings. The lowest BCUT2D eigenvalue weighted by Gasteiger charge is -2.20. The van der Waals surface area contributed by atoms with E-state index in [0.29, 0.717) is 18.3 Å². The zero-order valence-electron chi connectivity index (χ0n) is 12.4. The van der Waals surface area contributed by atoms with Crippen LogP contribution in [0.25, 0.3) is 0 Å². The second kappa shape index (κ2) is 6.98. The highest BCUT2D eigenvalue weighted by atomic mass is 127. The summed E-state index contributed by atoms with van der Waals surface area (Å²) in [5.41, 5.74) is 0.723. The molecule has 1 aromatic carbocycles. The van der Waals surface area contributed by atoms with Crippen LogP contribution >= 0.6 is 22.6 Å². The summed E-state index contributed by atoms with van der Waals surface area (Å²) in [6, 6.07) is 7.51. The number of carbonyl (C=O) groups is 2. The molecule has 3 atom stereocenters. The molecule has 0 aromatic heterocycles. The van der Waals surface area contributed by atoms with Gasteiger partial charge in [-0.25, -0.2) is 0 Å². The van der Waals surface area contributed by atoms with Gasteiger partial charge in [-0.2, -0.15) is 0 Å². The molecule has 1 N–H and O–H groups in total. The summed E-state index contributed by atoms with van der Waals surface area (Å²) in [5, 5.41) is 2.74. The van der Waals surface area contributed by atoms with E-state index < -0.39 is 0 Å². The molecule has 2 aliphatic carbocycles. The SMILES string of the molecule is O=C(COC(=O)C[C@@H]1C[C@H]2CC[C@H]1C2)Nc1cccc(I)c1. The van der Waals surface area contributed by atoms with E-state index in [9.17, 15) is 9.59 Å². The van der Waals surface area contributed by atoms with Gasteiger partial charge in [-0.05, 0) is 77.8 Å². The van der Waals surface area contributed by atoms with Crippen molar-refractivity contribution in [1.29, 1.82) is 0 Å². The summed E-state index contributed by atoms with van der Waals surface area (Å²) in [7, 11) is 0. The first-order valence-electron chi connectivity index (χ1n) is 7.81. The average Bonchev–Trinajstić information content (AvgIpc) is 3.08. The van der Waals surface area contributed by atoms with Crippen molar-refractivity contribution >= 4 is 40.2 Å². The molecule has 0 radical (unpaired) electrons. The van der Waals surface area contributed by atoms with Crippen LogP contribution < -0.4 is 5.32 Å². The summed E-state index contributed by atoms with van der Waals surface area (Å²) in [4.78, 5) is 23.7. The Kier molecular flexibility index (Phi) is 5.00. The van der Waals surface area contributed by atoms with Gasteiger partial charge >= 0.3 is 5.97 Å². The van der Waals surface area contributed by atoms with Crippen LogP contribution in [0.4, 0.5) is 5.69 Å². The van der Waals surface area contributed by atoms with Crippen LogP contribution in [-0.2, 0) is 14.3 Å². The van der Waals surface area contributed by atoms with Crippen LogP contribution in [0.2, 0.25) is 0 Å². The minimum absolute atomic E-state index is 0.203. The first kappa shape index (κ1) is 15.8. The number of nitrogens with one attached hydrogen (secondary N) is 1. The van der Waals surface area contributed by atoms with Crippen molar-refractivity contribution in [1.82, 2.24) is 0 Å². The molecule has 22 heavy (non-hydrogen) atoms. The molecule has 2 bridgehead atoms. The monoisotopic (exact) mass is 413 g/mol. The van der Waals surface area contributed by atoms with E-state index in [-0.39, 0.29) is 18.5 Å². The van der Waals surface area contributed by atoms with E-state index in [1.165, 1.54) is 19.3 Å². The number of ether oxygens (including phenoxy) is 1. The summed E-state index contributed by atoms with van der Waals surface area (Å²) in [6.45, 7) is -0.203. The van der Waals surface area contributed by atoms with Crippen molar-refractivity contribution in [2.75, 3.05) is 11.9 Å². The normalized spacial score (nSPS) is 26.0. The molecule has 2 fully saturated rings. The predicted octanol–water partition coefficient (Wildman–Crippen LogP) is 3.60. The van der Waals surface area contributed by atoms with Gasteiger partial charge in [0.25, 0.3) is 5.91 Å². The topological polar surface area (TPSA) is 55.4 Å². The number of esters is 1. The Morgan fingerprint density at radius 3 is 2.82 bits per heavy atom. The molecule has 2 aliphatic rings. The van der Waals surface area contributed by atoms with Crippen LogP contribution in [0.15, 0.2) is 24.3 Å². The van der Waals surface area contributed by atoms with Gasteiger partial charge in [0.2, 0.25) is 0 Å². The molecule has 0 saturated heterocycles. The van der Waals surface area contributed by atoms with E-state index >= 15 is 0 Å². The van der Waals surface area contributed by atoms with Gasteiger partial charge in [0.05, 0.1) is 0 Å². The Hall–Kier alpha value is -1.11. The second-order valence-electron chi connectivity index (χ2n) is 6.36. The number of rotatable bonds is 5. The van der Waals surface area contributed by atoms with Crippen molar-refractivity contribution in [3.8, 4) is 0 Å². The lowest BCUT2D eigenvalue weighted by Crippen LogP contribution is -2.23. The Balaban J connectivity index is 1.40. The number of benzene rings is 1. The maximum absolute atomic E-state index is 11.9. The van der Waals surface area contributed by atoms with Crippen molar-refractivity contribution in [2.45, 2.75) is 32.1 Å². The van der Waals surface area contributed by atoms with E-state index in [1.54, 1.807) is 0 Å². The molecular formula is C17H20INO3. The van der Waals surface area contributed by atoms with Crippen LogP contribution in [0.3, 0.4) is 0 Å². The standard InChI is InChI=1S/C17H20INO3/c18-14-2-1-3-15(9-14)19-16(20)10-22-17(21)8-13-7-11-4-5-12(13)6-11/h1-3,9,11-13H,4-8,10H2,(H,19,20)/t11-,12-,13-/m0/s1. The quantitative estimate of drug-likeness (QED) is 0.593. The van der Waals surface area contributed by atoms with Crippen LogP contribution in [0.1, 0.15) is 32.1 Å². The number of hydrogen-bond acceptors (Lipinski definition) is 3. The van der Waals surface area contributed by atoms with Crippen LogP contribution in [-0.4, -0.2) is 18.5 Å². The van der Waals surface area contributed by atoms with Gasteiger partial charge in [0.1, 0.15) is 0 Å². The molecule has 4 nitrogen and oxygen atoms in total. The van der Waals surface area contributed by atoms with Gasteiger partial charge in [0.15, 0.2) is 6.61 Å². The molecule has 5 heteroatoms. The van der Waals surface area contributed by atoms with Gasteiger partial charge in [0, 0.05) is 15.7 Å². The molecule has 0 spiro atoms. The maximum atomic E-state index is 11.9. The summed E-state index contributed by atoms with van der Waals surface area (Å²) in [6.07, 6.45) is 5.50. The summed E-state index contributed by atoms with van der Waals surface area (Å²) < 4.78 is 6.17. The Labute approximate surface area is 144 Å². The fourth-order valence-corrected chi connectivity index (χ4v) is 4.35. The van der Waals surface area contributed by atoms with Crippen molar-refractivity contribution in [3.05, 3.63) is 27.8 Å². The third-order valence-electron chi connectivity index (χ3n) is 4.79. The number of anilines is 1. The van der Waals surface area contributed by atoms with E-state index in [2.05, 4.69) is 27.9 Å². The number of amides is 1. The van der Waals surface area contributed by atoms with E-state index in [0.717, 1.165) is 21.6 Å². The number of carbonyl (C=O) groups excluding carboxylic acids is 2. The fourth-order valence-electron chi connectivity index (χ4n) is 3.81. The molecule has 3 rings (SSSR count). The average molecular weight is 413 g/mol. The Morgan fingerprint density at radius 1 is 1.27 bits per heavy atom. The Morgan fingerprint density at radius 2 is 2.14 bits per heavy atom. The van der Waals surface area contributed by atoms with Gasteiger partial charge in [-0.15, -0.1) is 0 Å².